The first-order valence-corrected chi connectivity index (χ1v) is 13.2. The number of hydrogen-bond donors (Lipinski definition) is 1. The highest BCUT2D eigenvalue weighted by Gasteiger charge is 2.35. The molecule has 180 valence electrons. The van der Waals surface area contributed by atoms with E-state index in [0.717, 1.165) is 41.8 Å². The van der Waals surface area contributed by atoms with Crippen LogP contribution in [0.3, 0.4) is 0 Å². The Labute approximate surface area is 206 Å². The van der Waals surface area contributed by atoms with Crippen molar-refractivity contribution < 1.29 is 8.42 Å². The zero-order valence-corrected chi connectivity index (χ0v) is 20.3. The van der Waals surface area contributed by atoms with Gasteiger partial charge in [0.15, 0.2) is 0 Å². The second-order valence-corrected chi connectivity index (χ2v) is 10.8. The Balaban J connectivity index is 1.63. The predicted molar refractivity (Wildman–Crippen MR) is 134 cm³/mol. The van der Waals surface area contributed by atoms with Crippen molar-refractivity contribution in [2.45, 2.75) is 38.8 Å². The topological polar surface area (TPSA) is 96.3 Å². The van der Waals surface area contributed by atoms with E-state index in [1.165, 1.54) is 4.31 Å². The van der Waals surface area contributed by atoms with E-state index in [1.807, 2.05) is 47.5 Å². The molecule has 3 heterocycles. The molecule has 0 amide bonds. The van der Waals surface area contributed by atoms with Gasteiger partial charge in [-0.05, 0) is 42.2 Å². The lowest BCUT2D eigenvalue weighted by molar-refractivity contribution is 0.315. The van der Waals surface area contributed by atoms with E-state index in [0.29, 0.717) is 37.3 Å². The molecule has 0 unspecified atom stereocenters. The maximum atomic E-state index is 14.0. The van der Waals surface area contributed by atoms with Crippen molar-refractivity contribution in [1.82, 2.24) is 18.6 Å². The fourth-order valence-corrected chi connectivity index (χ4v) is 6.43. The Morgan fingerprint density at radius 2 is 1.86 bits per heavy atom. The van der Waals surface area contributed by atoms with Crippen LogP contribution in [0.25, 0.3) is 0 Å². The molecular weight excluding hydrogens is 460 g/mol. The lowest BCUT2D eigenvalue weighted by Crippen LogP contribution is -2.45. The van der Waals surface area contributed by atoms with Crippen LogP contribution in [-0.4, -0.2) is 40.1 Å². The normalized spacial score (nSPS) is 16.8. The molecule has 0 saturated carbocycles. The van der Waals surface area contributed by atoms with E-state index in [2.05, 4.69) is 16.0 Å². The summed E-state index contributed by atoms with van der Waals surface area (Å²) >= 11 is 0. The Morgan fingerprint density at radius 3 is 2.57 bits per heavy atom. The van der Waals surface area contributed by atoms with Gasteiger partial charge in [-0.3, -0.25) is 4.31 Å². The fraction of sp³-hybridized carbons (Fsp3) is 0.308. The average Bonchev–Trinajstić information content (AvgIpc) is 3.35. The largest absolute Gasteiger partial charge is 0.347 e. The minimum atomic E-state index is -3.76. The first-order chi connectivity index (χ1) is 17.0. The summed E-state index contributed by atoms with van der Waals surface area (Å²) in [6.07, 6.45) is 8.58. The third kappa shape index (κ3) is 4.94. The molecule has 3 aromatic rings. The summed E-state index contributed by atoms with van der Waals surface area (Å²) in [6.45, 7) is 1.72. The van der Waals surface area contributed by atoms with Gasteiger partial charge in [-0.15, -0.1) is 0 Å². The van der Waals surface area contributed by atoms with Gasteiger partial charge in [0, 0.05) is 37.6 Å². The molecule has 2 aromatic carbocycles. The molecule has 0 bridgehead atoms. The number of imidazole rings is 1. The predicted octanol–water partition coefficient (Wildman–Crippen LogP) is 3.92. The molecule has 9 heteroatoms. The van der Waals surface area contributed by atoms with Crippen LogP contribution in [-0.2, 0) is 29.7 Å². The number of nitriles is 1. The molecular formula is C26H28N6O2S. The summed E-state index contributed by atoms with van der Waals surface area (Å²) < 4.78 is 31.1. The number of nitrogens with zero attached hydrogens (tertiary/aromatic N) is 5. The summed E-state index contributed by atoms with van der Waals surface area (Å²) in [4.78, 5) is 9.33. The number of H-pyrrole nitrogens is 1. The zero-order chi connectivity index (χ0) is 24.3. The van der Waals surface area contributed by atoms with Crippen LogP contribution in [0.4, 0.5) is 5.69 Å². The van der Waals surface area contributed by atoms with Gasteiger partial charge in [0.2, 0.25) is 0 Å². The molecule has 0 radical (unpaired) electrons. The lowest BCUT2D eigenvalue weighted by atomic mass is 10.1. The number of hydrogen-bond acceptors (Lipinski definition) is 5. The van der Waals surface area contributed by atoms with Gasteiger partial charge in [0.1, 0.15) is 0 Å². The van der Waals surface area contributed by atoms with Gasteiger partial charge in [0.05, 0.1) is 42.4 Å². The first kappa shape index (κ1) is 23.1. The average molecular weight is 489 g/mol. The molecule has 2 aliphatic rings. The van der Waals surface area contributed by atoms with Crippen LogP contribution < -0.4 is 4.90 Å². The number of piperidine rings is 1. The van der Waals surface area contributed by atoms with Crippen molar-refractivity contribution in [3.8, 4) is 6.07 Å². The molecule has 1 aromatic heterocycles. The highest BCUT2D eigenvalue weighted by molar-refractivity contribution is 7.86. The third-order valence-electron chi connectivity index (χ3n) is 6.50. The van der Waals surface area contributed by atoms with Gasteiger partial charge in [-0.1, -0.05) is 36.8 Å². The maximum Gasteiger partial charge on any atom is 0.304 e. The van der Waals surface area contributed by atoms with Gasteiger partial charge in [-0.25, -0.2) is 4.98 Å². The molecule has 1 fully saturated rings. The summed E-state index contributed by atoms with van der Waals surface area (Å²) in [5, 5.41) is 9.53. The van der Waals surface area contributed by atoms with Gasteiger partial charge >= 0.3 is 10.2 Å². The molecule has 1 N–H and O–H groups in total. The van der Waals surface area contributed by atoms with E-state index >= 15 is 0 Å². The van der Waals surface area contributed by atoms with Gasteiger partial charge < -0.3 is 9.88 Å². The highest BCUT2D eigenvalue weighted by atomic mass is 32.2. The number of fused-ring (bicyclic) bond motifs is 1. The first-order valence-electron chi connectivity index (χ1n) is 11.8. The molecule has 0 aliphatic carbocycles. The van der Waals surface area contributed by atoms with E-state index in [-0.39, 0.29) is 6.54 Å². The van der Waals surface area contributed by atoms with Crippen molar-refractivity contribution in [2.24, 2.45) is 0 Å². The summed E-state index contributed by atoms with van der Waals surface area (Å²) in [5.74, 6) is 0. The smallest absolute Gasteiger partial charge is 0.304 e. The summed E-state index contributed by atoms with van der Waals surface area (Å²) in [6, 6.07) is 17.6. The number of nitrogens with one attached hydrogen (secondary N) is 1. The van der Waals surface area contributed by atoms with Crippen molar-refractivity contribution >= 4 is 15.9 Å². The van der Waals surface area contributed by atoms with Crippen molar-refractivity contribution in [3.05, 3.63) is 95.3 Å². The Morgan fingerprint density at radius 1 is 1.06 bits per heavy atom. The van der Waals surface area contributed by atoms with Crippen LogP contribution in [0, 0.1) is 11.3 Å². The second kappa shape index (κ2) is 9.94. The summed E-state index contributed by atoms with van der Waals surface area (Å²) in [7, 11) is -3.76. The Kier molecular flexibility index (Phi) is 6.57. The van der Waals surface area contributed by atoms with E-state index in [1.54, 1.807) is 29.0 Å². The minimum absolute atomic E-state index is 0.168. The molecule has 2 aliphatic heterocycles. The molecule has 5 rings (SSSR count). The minimum Gasteiger partial charge on any atom is -0.347 e. The number of aromatic nitrogens is 2. The van der Waals surface area contributed by atoms with Gasteiger partial charge in [0.25, 0.3) is 0 Å². The van der Waals surface area contributed by atoms with Crippen molar-refractivity contribution in [3.63, 3.8) is 0 Å². The molecule has 0 atom stereocenters. The maximum absolute atomic E-state index is 14.0. The fourth-order valence-electron chi connectivity index (χ4n) is 4.72. The Hall–Kier alpha value is -3.61. The van der Waals surface area contributed by atoms with Crippen LogP contribution in [0.5, 0.6) is 0 Å². The van der Waals surface area contributed by atoms with Crippen LogP contribution in [0.15, 0.2) is 73.0 Å². The third-order valence-corrected chi connectivity index (χ3v) is 8.44. The van der Waals surface area contributed by atoms with E-state index in [9.17, 15) is 13.7 Å². The van der Waals surface area contributed by atoms with Crippen molar-refractivity contribution in [2.75, 3.05) is 18.0 Å². The number of rotatable bonds is 6. The molecule has 0 spiro atoms. The summed E-state index contributed by atoms with van der Waals surface area (Å²) in [5.41, 5.74) is 4.80. The number of aromatic amines is 1. The zero-order valence-electron chi connectivity index (χ0n) is 19.5. The second-order valence-electron chi connectivity index (χ2n) is 8.92. The molecule has 8 nitrogen and oxygen atoms in total. The SMILES string of the molecule is N#Cc1ccc2c(c1)CN(S(=O)(=O)N1CCCCC1)C(Cc1ccccc1)=CN2Cc1cnc[nH]1. The van der Waals surface area contributed by atoms with Gasteiger partial charge in [-0.2, -0.15) is 18.0 Å². The quantitative estimate of drug-likeness (QED) is 0.567. The van der Waals surface area contributed by atoms with E-state index in [4.69, 9.17) is 0 Å². The number of benzene rings is 2. The van der Waals surface area contributed by atoms with Crippen LogP contribution in [0.2, 0.25) is 0 Å². The highest BCUT2D eigenvalue weighted by Crippen LogP contribution is 2.34. The van der Waals surface area contributed by atoms with Crippen LogP contribution in [0.1, 0.15) is 41.6 Å². The number of anilines is 1. The van der Waals surface area contributed by atoms with Crippen molar-refractivity contribution in [1.29, 1.82) is 5.26 Å². The molecule has 35 heavy (non-hydrogen) atoms. The monoisotopic (exact) mass is 488 g/mol. The Bertz CT molecular complexity index is 1340. The number of allylic oxidation sites excluding steroid dienone is 1. The van der Waals surface area contributed by atoms with Crippen LogP contribution >= 0.6 is 0 Å². The standard InChI is InChI=1S/C26H28N6O2S/c27-15-22-9-10-26-23(13-22)17-32(35(33,34)31-11-5-2-6-12-31)25(14-21-7-3-1-4-8-21)19-30(26)18-24-16-28-20-29-24/h1,3-4,7-10,13,16,19-20H,2,5-6,11-12,14,17-18H2,(H,28,29). The van der Waals surface area contributed by atoms with E-state index < -0.39 is 10.2 Å². The lowest BCUT2D eigenvalue weighted by Gasteiger charge is -2.34. The molecule has 1 saturated heterocycles.